The Morgan fingerprint density at radius 2 is 2.00 bits per heavy atom. The molecule has 0 aliphatic rings. The highest BCUT2D eigenvalue weighted by Crippen LogP contribution is 2.23. The molecule has 0 saturated heterocycles. The van der Waals surface area contributed by atoms with Crippen molar-refractivity contribution in [3.63, 3.8) is 0 Å². The van der Waals surface area contributed by atoms with Crippen LogP contribution in [0.1, 0.15) is 11.3 Å². The highest BCUT2D eigenvalue weighted by atomic mass is 79.9. The summed E-state index contributed by atoms with van der Waals surface area (Å²) in [5.74, 6) is 0. The summed E-state index contributed by atoms with van der Waals surface area (Å²) < 4.78 is 30.3. The highest BCUT2D eigenvalue weighted by Gasteiger charge is 2.18. The molecular weight excluding hydrogens is 354 g/mol. The molecule has 0 atom stereocenters. The Morgan fingerprint density at radius 3 is 2.62 bits per heavy atom. The van der Waals surface area contributed by atoms with Crippen molar-refractivity contribution in [3.8, 4) is 0 Å². The molecule has 2 N–H and O–H groups in total. The van der Waals surface area contributed by atoms with E-state index in [1.165, 1.54) is 0 Å². The van der Waals surface area contributed by atoms with Gasteiger partial charge in [0, 0.05) is 30.0 Å². The molecule has 21 heavy (non-hydrogen) atoms. The van der Waals surface area contributed by atoms with E-state index in [2.05, 4.69) is 26.0 Å². The number of sulfonamides is 1. The second kappa shape index (κ2) is 6.21. The number of halogens is 1. The first-order chi connectivity index (χ1) is 9.83. The summed E-state index contributed by atoms with van der Waals surface area (Å²) in [6.45, 7) is 2.48. The number of aromatic nitrogens is 1. The van der Waals surface area contributed by atoms with Crippen LogP contribution in [-0.4, -0.2) is 20.0 Å². The summed E-state index contributed by atoms with van der Waals surface area (Å²) in [6, 6.07) is 7.10. The molecule has 0 spiro atoms. The molecule has 0 aliphatic heterocycles. The van der Waals surface area contributed by atoms with Gasteiger partial charge in [-0.2, -0.15) is 0 Å². The van der Waals surface area contributed by atoms with Gasteiger partial charge in [0.25, 0.3) is 10.0 Å². The number of nitrogens with one attached hydrogen (secondary N) is 2. The molecule has 7 heteroatoms. The normalized spacial score (nSPS) is 11.6. The van der Waals surface area contributed by atoms with Crippen LogP contribution >= 0.6 is 15.9 Å². The zero-order chi connectivity index (χ0) is 15.6. The number of nitrogens with zero attached hydrogens (tertiary/aromatic N) is 1. The summed E-state index contributed by atoms with van der Waals surface area (Å²) in [4.78, 5) is 0.262. The minimum absolute atomic E-state index is 0.262. The Hall–Kier alpha value is -1.31. The molecule has 0 fully saturated rings. The Balaban J connectivity index is 2.32. The van der Waals surface area contributed by atoms with Crippen molar-refractivity contribution in [1.82, 2.24) is 9.88 Å². The summed E-state index contributed by atoms with van der Waals surface area (Å²) in [5.41, 5.74) is 2.35. The molecule has 0 saturated carbocycles. The van der Waals surface area contributed by atoms with Crippen LogP contribution in [0.5, 0.6) is 0 Å². The van der Waals surface area contributed by atoms with Crippen molar-refractivity contribution in [2.24, 2.45) is 7.05 Å². The standard InChI is InChI=1S/C14H18BrN3O2S/c1-10-6-11(15)4-5-14(10)17-21(19,20)13-7-12(8-16-2)18(3)9-13/h4-7,9,16-17H,8H2,1-3H3. The van der Waals surface area contributed by atoms with Gasteiger partial charge in [-0.1, -0.05) is 15.9 Å². The van der Waals surface area contributed by atoms with E-state index >= 15 is 0 Å². The van der Waals surface area contributed by atoms with Gasteiger partial charge in [-0.3, -0.25) is 4.72 Å². The fourth-order valence-corrected chi connectivity index (χ4v) is 3.73. The maximum atomic E-state index is 12.5. The van der Waals surface area contributed by atoms with Crippen LogP contribution in [0, 0.1) is 6.92 Å². The first-order valence-corrected chi connectivity index (χ1v) is 8.70. The quantitative estimate of drug-likeness (QED) is 0.848. The topological polar surface area (TPSA) is 63.1 Å². The van der Waals surface area contributed by atoms with E-state index in [-0.39, 0.29) is 4.90 Å². The molecule has 1 aromatic carbocycles. The monoisotopic (exact) mass is 371 g/mol. The SMILES string of the molecule is CNCc1cc(S(=O)(=O)Nc2ccc(Br)cc2C)cn1C. The third kappa shape index (κ3) is 3.66. The van der Waals surface area contributed by atoms with Gasteiger partial charge < -0.3 is 9.88 Å². The number of anilines is 1. The average Bonchev–Trinajstić information content (AvgIpc) is 2.76. The van der Waals surface area contributed by atoms with Crippen molar-refractivity contribution in [2.75, 3.05) is 11.8 Å². The maximum Gasteiger partial charge on any atom is 0.263 e. The highest BCUT2D eigenvalue weighted by molar-refractivity contribution is 9.10. The Kier molecular flexibility index (Phi) is 4.75. The van der Waals surface area contributed by atoms with Gasteiger partial charge in [0.2, 0.25) is 0 Å². The van der Waals surface area contributed by atoms with Crippen LogP contribution in [0.3, 0.4) is 0 Å². The molecule has 0 unspecified atom stereocenters. The van der Waals surface area contributed by atoms with E-state index in [1.807, 2.05) is 33.2 Å². The Morgan fingerprint density at radius 1 is 1.29 bits per heavy atom. The molecule has 0 bridgehead atoms. The van der Waals surface area contributed by atoms with E-state index in [4.69, 9.17) is 0 Å². The van der Waals surface area contributed by atoms with Crippen molar-refractivity contribution < 1.29 is 8.42 Å². The Bertz CT molecular complexity index is 754. The fraction of sp³-hybridized carbons (Fsp3) is 0.286. The van der Waals surface area contributed by atoms with E-state index in [0.29, 0.717) is 12.2 Å². The first kappa shape index (κ1) is 16.1. The van der Waals surface area contributed by atoms with Gasteiger partial charge in [0.1, 0.15) is 4.90 Å². The van der Waals surface area contributed by atoms with Gasteiger partial charge in [-0.05, 0) is 43.8 Å². The van der Waals surface area contributed by atoms with Crippen LogP contribution in [0.15, 0.2) is 39.8 Å². The zero-order valence-corrected chi connectivity index (χ0v) is 14.5. The van der Waals surface area contributed by atoms with Crippen molar-refractivity contribution >= 4 is 31.6 Å². The minimum atomic E-state index is -3.58. The number of aryl methyl sites for hydroxylation is 2. The summed E-state index contributed by atoms with van der Waals surface area (Å²) in [5, 5.41) is 3.01. The molecule has 2 rings (SSSR count). The molecule has 2 aromatic rings. The molecule has 5 nitrogen and oxygen atoms in total. The third-order valence-electron chi connectivity index (χ3n) is 3.18. The van der Waals surface area contributed by atoms with Crippen LogP contribution in [0.4, 0.5) is 5.69 Å². The molecule has 0 radical (unpaired) electrons. The lowest BCUT2D eigenvalue weighted by Gasteiger charge is -2.09. The minimum Gasteiger partial charge on any atom is -0.352 e. The van der Waals surface area contributed by atoms with Crippen molar-refractivity contribution in [2.45, 2.75) is 18.4 Å². The number of hydrogen-bond acceptors (Lipinski definition) is 3. The number of hydrogen-bond donors (Lipinski definition) is 2. The third-order valence-corrected chi connectivity index (χ3v) is 5.01. The van der Waals surface area contributed by atoms with E-state index in [0.717, 1.165) is 15.7 Å². The largest absolute Gasteiger partial charge is 0.352 e. The van der Waals surface area contributed by atoms with Crippen LogP contribution in [0.25, 0.3) is 0 Å². The molecule has 1 aromatic heterocycles. The smallest absolute Gasteiger partial charge is 0.263 e. The summed E-state index contributed by atoms with van der Waals surface area (Å²) >= 11 is 3.36. The summed E-state index contributed by atoms with van der Waals surface area (Å²) in [6.07, 6.45) is 1.61. The van der Waals surface area contributed by atoms with Gasteiger partial charge >= 0.3 is 0 Å². The van der Waals surface area contributed by atoms with Gasteiger partial charge in [-0.15, -0.1) is 0 Å². The summed E-state index contributed by atoms with van der Waals surface area (Å²) in [7, 11) is 0.0714. The van der Waals surface area contributed by atoms with Gasteiger partial charge in [-0.25, -0.2) is 8.42 Å². The van der Waals surface area contributed by atoms with Crippen molar-refractivity contribution in [3.05, 3.63) is 46.2 Å². The molecule has 114 valence electrons. The Labute approximate surface area is 133 Å². The lowest BCUT2D eigenvalue weighted by Crippen LogP contribution is -2.13. The molecule has 1 heterocycles. The lowest BCUT2D eigenvalue weighted by molar-refractivity contribution is 0.601. The maximum absolute atomic E-state index is 12.5. The zero-order valence-electron chi connectivity index (χ0n) is 12.1. The first-order valence-electron chi connectivity index (χ1n) is 6.42. The van der Waals surface area contributed by atoms with Crippen LogP contribution in [0.2, 0.25) is 0 Å². The number of benzene rings is 1. The van der Waals surface area contributed by atoms with E-state index in [1.54, 1.807) is 22.9 Å². The lowest BCUT2D eigenvalue weighted by atomic mass is 10.2. The number of rotatable bonds is 5. The fourth-order valence-electron chi connectivity index (χ4n) is 2.03. The van der Waals surface area contributed by atoms with Crippen LogP contribution < -0.4 is 10.0 Å². The second-order valence-corrected chi connectivity index (χ2v) is 7.47. The predicted molar refractivity (Wildman–Crippen MR) is 87.9 cm³/mol. The molecular formula is C14H18BrN3O2S. The molecule has 0 amide bonds. The van der Waals surface area contributed by atoms with E-state index < -0.39 is 10.0 Å². The van der Waals surface area contributed by atoms with Crippen molar-refractivity contribution in [1.29, 1.82) is 0 Å². The van der Waals surface area contributed by atoms with Crippen LogP contribution in [-0.2, 0) is 23.6 Å². The predicted octanol–water partition coefficient (Wildman–Crippen LogP) is 2.62. The van der Waals surface area contributed by atoms with Gasteiger partial charge in [0.15, 0.2) is 0 Å². The average molecular weight is 372 g/mol. The van der Waals surface area contributed by atoms with E-state index in [9.17, 15) is 8.42 Å². The second-order valence-electron chi connectivity index (χ2n) is 4.87. The van der Waals surface area contributed by atoms with Gasteiger partial charge in [0.05, 0.1) is 5.69 Å². The molecule has 0 aliphatic carbocycles.